The highest BCUT2D eigenvalue weighted by Gasteiger charge is 2.61. The van der Waals surface area contributed by atoms with Crippen LogP contribution in [-0.2, 0) is 33.3 Å². The Labute approximate surface area is 204 Å². The third-order valence-electron chi connectivity index (χ3n) is 7.73. The zero-order chi connectivity index (χ0) is 25.1. The molecule has 0 bridgehead atoms. The lowest BCUT2D eigenvalue weighted by Crippen LogP contribution is -2.40. The molecule has 8 nitrogen and oxygen atoms in total. The van der Waals surface area contributed by atoms with Gasteiger partial charge in [0, 0.05) is 18.4 Å². The SMILES string of the molecule is C=C1C(=O)O[C@H]2/C=C(/C)[C@@H](OC(=O)c3ccccc3)C[C@H]3O[C@@]3(C)C[C@@H](OC(=O)[C@@]3(C)O[C@@H]3C)[C@@H]12. The van der Waals surface area contributed by atoms with Gasteiger partial charge in [-0.1, -0.05) is 24.8 Å². The van der Waals surface area contributed by atoms with E-state index in [0.717, 1.165) is 5.57 Å². The van der Waals surface area contributed by atoms with Crippen LogP contribution in [-0.4, -0.2) is 59.6 Å². The van der Waals surface area contributed by atoms with E-state index in [-0.39, 0.29) is 17.8 Å². The van der Waals surface area contributed by atoms with Gasteiger partial charge in [-0.3, -0.25) is 0 Å². The van der Waals surface area contributed by atoms with E-state index in [2.05, 4.69) is 6.58 Å². The van der Waals surface area contributed by atoms with E-state index in [0.29, 0.717) is 18.4 Å². The molecule has 8 atom stereocenters. The molecule has 4 aliphatic rings. The molecule has 0 saturated carbocycles. The largest absolute Gasteiger partial charge is 0.459 e. The van der Waals surface area contributed by atoms with E-state index in [9.17, 15) is 14.4 Å². The molecule has 0 amide bonds. The monoisotopic (exact) mass is 482 g/mol. The molecule has 1 aromatic rings. The number of hydrogen-bond acceptors (Lipinski definition) is 8. The lowest BCUT2D eigenvalue weighted by molar-refractivity contribution is -0.159. The molecule has 1 aliphatic carbocycles. The van der Waals surface area contributed by atoms with Crippen molar-refractivity contribution in [2.24, 2.45) is 5.92 Å². The first-order valence-corrected chi connectivity index (χ1v) is 11.9. The van der Waals surface area contributed by atoms with Crippen molar-refractivity contribution in [3.05, 3.63) is 59.7 Å². The summed E-state index contributed by atoms with van der Waals surface area (Å²) in [7, 11) is 0. The van der Waals surface area contributed by atoms with Crippen LogP contribution in [0, 0.1) is 5.92 Å². The van der Waals surface area contributed by atoms with E-state index in [1.54, 1.807) is 37.3 Å². The maximum absolute atomic E-state index is 12.9. The van der Waals surface area contributed by atoms with E-state index >= 15 is 0 Å². The number of ether oxygens (including phenoxy) is 5. The number of epoxide rings is 2. The number of rotatable bonds is 4. The third-order valence-corrected chi connectivity index (χ3v) is 7.73. The molecule has 8 heteroatoms. The van der Waals surface area contributed by atoms with Crippen LogP contribution < -0.4 is 0 Å². The Morgan fingerprint density at radius 2 is 1.80 bits per heavy atom. The summed E-state index contributed by atoms with van der Waals surface area (Å²) in [6.45, 7) is 11.2. The van der Waals surface area contributed by atoms with Gasteiger partial charge in [0.1, 0.15) is 18.3 Å². The predicted molar refractivity (Wildman–Crippen MR) is 123 cm³/mol. The van der Waals surface area contributed by atoms with Crippen molar-refractivity contribution in [2.45, 2.75) is 82.3 Å². The average molecular weight is 483 g/mol. The Kier molecular flexibility index (Phi) is 5.64. The second kappa shape index (κ2) is 8.31. The van der Waals surface area contributed by atoms with Gasteiger partial charge in [-0.05, 0) is 51.5 Å². The van der Waals surface area contributed by atoms with Gasteiger partial charge in [-0.25, -0.2) is 14.4 Å². The van der Waals surface area contributed by atoms with Gasteiger partial charge < -0.3 is 23.7 Å². The Bertz CT molecular complexity index is 1110. The molecule has 35 heavy (non-hydrogen) atoms. The Balaban J connectivity index is 1.44. The van der Waals surface area contributed by atoms with Gasteiger partial charge in [0.15, 0.2) is 5.60 Å². The highest BCUT2D eigenvalue weighted by Crippen LogP contribution is 2.49. The molecule has 0 spiro atoms. The Morgan fingerprint density at radius 3 is 2.46 bits per heavy atom. The molecule has 0 radical (unpaired) electrons. The van der Waals surface area contributed by atoms with Crippen LogP contribution in [0.2, 0.25) is 0 Å². The molecular weight excluding hydrogens is 452 g/mol. The van der Waals surface area contributed by atoms with E-state index in [1.165, 1.54) is 0 Å². The minimum absolute atomic E-state index is 0.213. The van der Waals surface area contributed by atoms with Gasteiger partial charge in [-0.15, -0.1) is 0 Å². The van der Waals surface area contributed by atoms with Crippen LogP contribution in [0.4, 0.5) is 0 Å². The van der Waals surface area contributed by atoms with Crippen molar-refractivity contribution in [1.29, 1.82) is 0 Å². The summed E-state index contributed by atoms with van der Waals surface area (Å²) in [4.78, 5) is 38.2. The summed E-state index contributed by atoms with van der Waals surface area (Å²) in [5, 5.41) is 0. The van der Waals surface area contributed by atoms with Crippen LogP contribution in [0.3, 0.4) is 0 Å². The zero-order valence-electron chi connectivity index (χ0n) is 20.3. The minimum Gasteiger partial charge on any atom is -0.459 e. The van der Waals surface area contributed by atoms with Crippen LogP contribution >= 0.6 is 0 Å². The van der Waals surface area contributed by atoms with Crippen molar-refractivity contribution >= 4 is 17.9 Å². The van der Waals surface area contributed by atoms with Crippen molar-refractivity contribution in [3.63, 3.8) is 0 Å². The quantitative estimate of drug-likeness (QED) is 0.212. The fourth-order valence-electron chi connectivity index (χ4n) is 5.05. The summed E-state index contributed by atoms with van der Waals surface area (Å²) >= 11 is 0. The normalized spacial score (nSPS) is 41.4. The van der Waals surface area contributed by atoms with Crippen molar-refractivity contribution in [3.8, 4) is 0 Å². The first kappa shape index (κ1) is 23.8. The average Bonchev–Trinajstić information content (AvgIpc) is 3.62. The molecule has 3 aliphatic heterocycles. The van der Waals surface area contributed by atoms with Crippen LogP contribution in [0.1, 0.15) is 50.9 Å². The molecule has 0 N–H and O–H groups in total. The lowest BCUT2D eigenvalue weighted by atomic mass is 9.82. The predicted octanol–water partition coefficient (Wildman–Crippen LogP) is 3.30. The number of esters is 3. The number of benzene rings is 1. The van der Waals surface area contributed by atoms with Crippen LogP contribution in [0.25, 0.3) is 0 Å². The van der Waals surface area contributed by atoms with Gasteiger partial charge in [0.25, 0.3) is 0 Å². The maximum Gasteiger partial charge on any atom is 0.341 e. The number of carbonyl (C=O) groups excluding carboxylic acids is 3. The molecule has 186 valence electrons. The topological polar surface area (TPSA) is 104 Å². The van der Waals surface area contributed by atoms with Gasteiger partial charge in [-0.2, -0.15) is 0 Å². The molecular formula is C27H30O8. The maximum atomic E-state index is 12.9. The molecule has 0 aromatic heterocycles. The third kappa shape index (κ3) is 4.29. The smallest absolute Gasteiger partial charge is 0.341 e. The van der Waals surface area contributed by atoms with Gasteiger partial charge in [0.2, 0.25) is 0 Å². The first-order chi connectivity index (χ1) is 16.5. The van der Waals surface area contributed by atoms with E-state index in [4.69, 9.17) is 23.7 Å². The Morgan fingerprint density at radius 1 is 1.11 bits per heavy atom. The van der Waals surface area contributed by atoms with E-state index < -0.39 is 53.3 Å². The standard InChI is InChI=1S/C27H30O8/c1-14-11-19-22(15(2)23(28)32-19)20(33-25(30)27(5)16(3)34-27)13-26(4)21(35-26)12-18(14)31-24(29)17-9-7-6-8-10-17/h6-11,16,18-22H,2,12-13H2,1,3-5H3/b14-11-/t16-,18+,19+,20-,21-,22+,26+,27+/m1/s1. The fourth-order valence-corrected chi connectivity index (χ4v) is 5.05. The van der Waals surface area contributed by atoms with Crippen molar-refractivity contribution in [2.75, 3.05) is 0 Å². The fraction of sp³-hybridized carbons (Fsp3) is 0.519. The summed E-state index contributed by atoms with van der Waals surface area (Å²) in [6, 6.07) is 8.77. The number of hydrogen-bond donors (Lipinski definition) is 0. The summed E-state index contributed by atoms with van der Waals surface area (Å²) in [6.07, 6.45) is 0.124. The van der Waals surface area contributed by atoms with Crippen LogP contribution in [0.5, 0.6) is 0 Å². The van der Waals surface area contributed by atoms with Crippen molar-refractivity contribution in [1.82, 2.24) is 0 Å². The highest BCUT2D eigenvalue weighted by atomic mass is 16.7. The second-order valence-corrected chi connectivity index (χ2v) is 10.3. The summed E-state index contributed by atoms with van der Waals surface area (Å²) < 4.78 is 28.9. The Hall–Kier alpha value is -2.97. The number of fused-ring (bicyclic) bond motifs is 2. The van der Waals surface area contributed by atoms with Gasteiger partial charge in [0.05, 0.1) is 29.3 Å². The minimum atomic E-state index is -0.997. The van der Waals surface area contributed by atoms with Gasteiger partial charge >= 0.3 is 17.9 Å². The molecule has 1 aromatic carbocycles. The molecule has 3 heterocycles. The van der Waals surface area contributed by atoms with Crippen molar-refractivity contribution < 1.29 is 38.1 Å². The van der Waals surface area contributed by atoms with Crippen LogP contribution in [0.15, 0.2) is 54.1 Å². The van der Waals surface area contributed by atoms with E-state index in [1.807, 2.05) is 26.8 Å². The first-order valence-electron chi connectivity index (χ1n) is 11.9. The number of carbonyl (C=O) groups is 3. The highest BCUT2D eigenvalue weighted by molar-refractivity contribution is 5.91. The second-order valence-electron chi connectivity index (χ2n) is 10.3. The molecule has 3 saturated heterocycles. The zero-order valence-corrected chi connectivity index (χ0v) is 20.3. The molecule has 3 fully saturated rings. The molecule has 0 unspecified atom stereocenters. The summed E-state index contributed by atoms with van der Waals surface area (Å²) in [5.74, 6) is -2.05. The molecule has 5 rings (SSSR count). The summed E-state index contributed by atoms with van der Waals surface area (Å²) in [5.41, 5.74) is -0.197. The lowest BCUT2D eigenvalue weighted by Gasteiger charge is -2.30.